The fourth-order valence-electron chi connectivity index (χ4n) is 11.6. The number of hydrogen-bond acceptors (Lipinski definition) is 12. The Bertz CT molecular complexity index is 4110. The molecule has 1 fully saturated rings. The monoisotopic (exact) mass is 1370 g/mol. The molecule has 0 spiro atoms. The number of aromatic nitrogens is 8. The molecule has 0 unspecified atom stereocenters. The van der Waals surface area contributed by atoms with E-state index in [0.29, 0.717) is 65.4 Å². The number of ether oxygens (including phenoxy) is 1. The third-order valence-corrected chi connectivity index (χ3v) is 16.2. The number of carboxylic acid groups (broad SMARTS) is 1. The molecule has 2 radical (unpaired) electrons. The molecule has 0 amide bonds. The van der Waals surface area contributed by atoms with Crippen molar-refractivity contribution >= 4 is 80.4 Å². The molecule has 8 aromatic carbocycles. The SMILES string of the molecule is C=Cc1ccc(Cn2c(CN(Cc3nc4ccccc4n3Cc3ccc(C=C)cc3)CC(O)CN(Cc3nc4ccccc4n3Cc3ccc(C=C)cc3)Cc3nc4ccccc4n3Cc3ccc(C=C)cc3)nc3ccccc32)cc1.CC(=O)O.CC(=O)OC1(C)OO1.[Co].[Co]. The summed E-state index contributed by atoms with van der Waals surface area (Å²) in [4.78, 5) is 53.7. The van der Waals surface area contributed by atoms with Crippen molar-refractivity contribution in [2.45, 2.75) is 85.2 Å². The van der Waals surface area contributed by atoms with E-state index in [1.807, 2.05) is 48.6 Å². The van der Waals surface area contributed by atoms with Crippen LogP contribution in [0.2, 0.25) is 0 Å². The van der Waals surface area contributed by atoms with Crippen LogP contribution in [0.25, 0.3) is 68.4 Å². The van der Waals surface area contributed by atoms with Gasteiger partial charge in [0, 0.05) is 93.6 Å². The maximum Gasteiger partial charge on any atom is 0.380 e. The number of carboxylic acids is 1. The molecule has 17 nitrogen and oxygen atoms in total. The van der Waals surface area contributed by atoms with Gasteiger partial charge >= 0.3 is 11.9 Å². The first-order valence-electron chi connectivity index (χ1n) is 31.1. The Labute approximate surface area is 579 Å². The Balaban J connectivity index is 0.000000704. The first kappa shape index (κ1) is 70.7. The molecule has 96 heavy (non-hydrogen) atoms. The van der Waals surface area contributed by atoms with E-state index < -0.39 is 24.0 Å². The predicted octanol–water partition coefficient (Wildman–Crippen LogP) is 14.2. The van der Waals surface area contributed by atoms with Crippen LogP contribution in [-0.2, 0) is 110 Å². The van der Waals surface area contributed by atoms with E-state index >= 15 is 0 Å². The van der Waals surface area contributed by atoms with Crippen molar-refractivity contribution in [1.29, 1.82) is 0 Å². The second-order valence-corrected chi connectivity index (χ2v) is 23.3. The molecule has 19 heteroatoms. The summed E-state index contributed by atoms with van der Waals surface area (Å²) < 4.78 is 13.7. The summed E-state index contributed by atoms with van der Waals surface area (Å²) >= 11 is 0. The van der Waals surface area contributed by atoms with E-state index in [1.165, 1.54) is 13.8 Å². The fourth-order valence-corrected chi connectivity index (χ4v) is 11.6. The van der Waals surface area contributed by atoms with E-state index in [2.05, 4.69) is 239 Å². The minimum absolute atomic E-state index is 0. The van der Waals surface area contributed by atoms with Gasteiger partial charge in [-0.25, -0.2) is 19.9 Å². The number of rotatable bonds is 25. The molecular weight excluding hydrogens is 1290 g/mol. The molecule has 12 aromatic rings. The smallest absolute Gasteiger partial charge is 0.380 e. The molecule has 0 atom stereocenters. The number of aliphatic hydroxyl groups is 1. The van der Waals surface area contributed by atoms with Gasteiger partial charge in [-0.15, -0.1) is 0 Å². The predicted molar refractivity (Wildman–Crippen MR) is 371 cm³/mol. The second kappa shape index (κ2) is 32.7. The zero-order valence-electron chi connectivity index (χ0n) is 53.8. The first-order chi connectivity index (χ1) is 45.6. The van der Waals surface area contributed by atoms with Crippen molar-refractivity contribution in [1.82, 2.24) is 48.0 Å². The maximum atomic E-state index is 13.1. The number of para-hydroxylation sites is 8. The second-order valence-electron chi connectivity index (χ2n) is 23.3. The Morgan fingerprint density at radius 1 is 0.448 bits per heavy atom. The van der Waals surface area contributed by atoms with E-state index in [1.54, 1.807) is 0 Å². The third-order valence-electron chi connectivity index (χ3n) is 16.2. The summed E-state index contributed by atoms with van der Waals surface area (Å²) in [6, 6.07) is 67.5. The zero-order valence-corrected chi connectivity index (χ0v) is 55.9. The molecule has 0 aliphatic carbocycles. The molecule has 0 saturated carbocycles. The molecular formula is C77H76Co2N10O7. The normalized spacial score (nSPS) is 12.2. The Morgan fingerprint density at radius 2 is 0.677 bits per heavy atom. The fraction of sp³-hybridized carbons (Fsp3) is 0.195. The number of nitrogens with zero attached hydrogens (tertiary/aromatic N) is 10. The number of aliphatic carboxylic acids is 1. The van der Waals surface area contributed by atoms with E-state index in [-0.39, 0.29) is 33.6 Å². The Kier molecular flexibility index (Phi) is 24.0. The first-order valence-corrected chi connectivity index (χ1v) is 31.1. The summed E-state index contributed by atoms with van der Waals surface area (Å²) in [6.45, 7) is 24.7. The van der Waals surface area contributed by atoms with E-state index in [9.17, 15) is 9.90 Å². The molecule has 1 aliphatic heterocycles. The molecule has 1 saturated heterocycles. The number of fused-ring (bicyclic) bond motifs is 4. The van der Waals surface area contributed by atoms with Crippen LogP contribution >= 0.6 is 0 Å². The zero-order chi connectivity index (χ0) is 65.7. The van der Waals surface area contributed by atoms with Crippen molar-refractivity contribution in [2.24, 2.45) is 0 Å². The van der Waals surface area contributed by atoms with Crippen molar-refractivity contribution in [3.63, 3.8) is 0 Å². The third kappa shape index (κ3) is 18.0. The van der Waals surface area contributed by atoms with Gasteiger partial charge < -0.3 is 33.2 Å². The number of carbonyl (C=O) groups is 2. The van der Waals surface area contributed by atoms with Gasteiger partial charge in [0.1, 0.15) is 23.3 Å². The molecule has 13 rings (SSSR count). The number of carbonyl (C=O) groups excluding carboxylic acids is 1. The molecule has 4 aromatic heterocycles. The van der Waals surface area contributed by atoms with Crippen molar-refractivity contribution in [3.8, 4) is 0 Å². The number of hydrogen-bond donors (Lipinski definition) is 2. The Morgan fingerprint density at radius 3 is 0.875 bits per heavy atom. The topological polar surface area (TPSA) is 187 Å². The minimum atomic E-state index is -1.08. The van der Waals surface area contributed by atoms with Gasteiger partial charge in [0.2, 0.25) is 0 Å². The quantitative estimate of drug-likeness (QED) is 0.0313. The molecule has 0 bridgehead atoms. The van der Waals surface area contributed by atoms with E-state index in [0.717, 1.165) is 119 Å². The summed E-state index contributed by atoms with van der Waals surface area (Å²) in [6.07, 6.45) is 6.64. The molecule has 2 N–H and O–H groups in total. The molecule has 5 heterocycles. The maximum absolute atomic E-state index is 13.1. The van der Waals surface area contributed by atoms with Gasteiger partial charge in [-0.1, -0.05) is 196 Å². The molecule has 494 valence electrons. The van der Waals surface area contributed by atoms with Crippen LogP contribution in [0.3, 0.4) is 0 Å². The van der Waals surface area contributed by atoms with Crippen LogP contribution < -0.4 is 0 Å². The van der Waals surface area contributed by atoms with Crippen molar-refractivity contribution < 1.29 is 67.9 Å². The molecule has 1 aliphatic rings. The van der Waals surface area contributed by atoms with Gasteiger partial charge in [0.15, 0.2) is 0 Å². The van der Waals surface area contributed by atoms with Crippen LogP contribution in [-0.4, -0.2) is 95.3 Å². The number of benzene rings is 8. The largest absolute Gasteiger partial charge is 0.481 e. The van der Waals surface area contributed by atoms with Gasteiger partial charge in [0.05, 0.1) is 76.4 Å². The average molecular weight is 1370 g/mol. The average Bonchev–Trinajstić information content (AvgIpc) is 1.69. The van der Waals surface area contributed by atoms with Crippen molar-refractivity contribution in [3.05, 3.63) is 288 Å². The van der Waals surface area contributed by atoms with Gasteiger partial charge in [-0.05, 0) is 93.0 Å². The number of aliphatic hydroxyl groups excluding tert-OH is 1. The van der Waals surface area contributed by atoms with Crippen molar-refractivity contribution in [2.75, 3.05) is 13.1 Å². The van der Waals surface area contributed by atoms with Crippen LogP contribution in [0.4, 0.5) is 0 Å². The van der Waals surface area contributed by atoms with Crippen LogP contribution in [0, 0.1) is 0 Å². The number of esters is 1. The van der Waals surface area contributed by atoms with Crippen LogP contribution in [0.15, 0.2) is 220 Å². The summed E-state index contributed by atoms with van der Waals surface area (Å²) in [5.41, 5.74) is 16.8. The van der Waals surface area contributed by atoms with Crippen LogP contribution in [0.1, 0.15) is 88.6 Å². The van der Waals surface area contributed by atoms with E-state index in [4.69, 9.17) is 29.8 Å². The summed E-state index contributed by atoms with van der Waals surface area (Å²) in [5, 5.41) is 20.5. The van der Waals surface area contributed by atoms with Gasteiger partial charge in [-0.2, -0.15) is 9.78 Å². The minimum Gasteiger partial charge on any atom is -0.481 e. The van der Waals surface area contributed by atoms with Crippen LogP contribution in [0.5, 0.6) is 0 Å². The summed E-state index contributed by atoms with van der Waals surface area (Å²) in [7, 11) is 0. The van der Waals surface area contributed by atoms with Gasteiger partial charge in [-0.3, -0.25) is 19.4 Å². The standard InChI is InChI=1S/C71H66N10O.C4H6O4.C2H4O2.2Co/c1-5-51-25-33-55(34-26-51)41-78-64-21-13-9-17-60(64)72-68(78)47-76(48-69-73-61-18-10-14-22-65(61)79(69)42-56-35-27-52(6-2)28-36-56)45-59(82)46-77(49-70-74-62-19-11-15-23-66(62)80(70)43-57-37-29-53(7-3)30-38-57)50-71-75-63-20-12-16-24-67(63)81(71)44-58-39-31-54(8-4)32-40-58;1-3(5)6-4(2)7-8-4;1-2(3)4;;/h5-40,59,82H,1-4,41-50H2;1-2H3;1H3,(H,3,4);;. The number of imidazole rings is 4. The van der Waals surface area contributed by atoms with Gasteiger partial charge in [0.25, 0.3) is 5.97 Å². The summed E-state index contributed by atoms with van der Waals surface area (Å²) in [5.74, 6) is 1.25. The Hall–Kier alpha value is -9.65.